The van der Waals surface area contributed by atoms with Gasteiger partial charge in [0, 0.05) is 46.1 Å². The first-order valence-electron chi connectivity index (χ1n) is 9.85. The maximum absolute atomic E-state index is 6.23. The lowest BCUT2D eigenvalue weighted by atomic mass is 10.0. The van der Waals surface area contributed by atoms with Gasteiger partial charge in [-0.3, -0.25) is 4.90 Å². The molecular weight excluding hydrogens is 384 g/mol. The zero-order valence-electron chi connectivity index (χ0n) is 16.1. The second-order valence-corrected chi connectivity index (χ2v) is 7.90. The van der Waals surface area contributed by atoms with E-state index in [-0.39, 0.29) is 11.1 Å². The third-order valence-corrected chi connectivity index (χ3v) is 6.04. The fourth-order valence-electron chi connectivity index (χ4n) is 4.24. The Morgan fingerprint density at radius 1 is 0.964 bits per heavy atom. The van der Waals surface area contributed by atoms with Crippen molar-refractivity contribution in [2.75, 3.05) is 57.5 Å². The lowest BCUT2D eigenvalue weighted by molar-refractivity contribution is -0.186. The fraction of sp³-hybridized carbons (Fsp3) is 0.722. The normalized spacial score (nSPS) is 23.1. The summed E-state index contributed by atoms with van der Waals surface area (Å²) in [5.74, 6) is 1.40. The number of aryl methyl sites for hydroxylation is 1. The third-order valence-electron chi connectivity index (χ3n) is 5.87. The molecule has 0 saturated carbocycles. The summed E-state index contributed by atoms with van der Waals surface area (Å²) >= 11 is 6.23. The summed E-state index contributed by atoms with van der Waals surface area (Å²) in [6.07, 6.45) is 1.78. The summed E-state index contributed by atoms with van der Waals surface area (Å²) in [7, 11) is 1.99. The molecule has 0 aliphatic carbocycles. The Kier molecular flexibility index (Phi) is 4.88. The van der Waals surface area contributed by atoms with Crippen molar-refractivity contribution in [1.82, 2.24) is 24.4 Å². The number of likely N-dealkylation sites (tertiary alicyclic amines) is 1. The molecule has 2 aromatic heterocycles. The summed E-state index contributed by atoms with van der Waals surface area (Å²) in [5, 5.41) is 0.249. The lowest BCUT2D eigenvalue weighted by Gasteiger charge is -2.37. The minimum atomic E-state index is -0.356. The van der Waals surface area contributed by atoms with E-state index >= 15 is 0 Å². The highest BCUT2D eigenvalue weighted by atomic mass is 35.5. The highest BCUT2D eigenvalue weighted by molar-refractivity contribution is 6.28. The minimum absolute atomic E-state index is 0.249. The average Bonchev–Trinajstić information content (AvgIpc) is 3.30. The predicted molar refractivity (Wildman–Crippen MR) is 103 cm³/mol. The molecule has 152 valence electrons. The van der Waals surface area contributed by atoms with E-state index in [1.54, 1.807) is 0 Å². The van der Waals surface area contributed by atoms with Gasteiger partial charge in [0.1, 0.15) is 5.82 Å². The molecule has 9 nitrogen and oxygen atoms in total. The topological polar surface area (TPSA) is 77.8 Å². The average molecular weight is 409 g/mol. The van der Waals surface area contributed by atoms with Gasteiger partial charge >= 0.3 is 0 Å². The monoisotopic (exact) mass is 408 g/mol. The fourth-order valence-corrected chi connectivity index (χ4v) is 4.40. The van der Waals surface area contributed by atoms with Crippen LogP contribution in [0.5, 0.6) is 0 Å². The van der Waals surface area contributed by atoms with E-state index < -0.39 is 0 Å². The van der Waals surface area contributed by atoms with Crippen molar-refractivity contribution in [3.8, 4) is 0 Å². The molecule has 0 unspecified atom stereocenters. The molecule has 0 amide bonds. The molecule has 0 aromatic carbocycles. The number of hydrogen-bond donors (Lipinski definition) is 0. The molecule has 3 saturated heterocycles. The Morgan fingerprint density at radius 3 is 2.39 bits per heavy atom. The summed E-state index contributed by atoms with van der Waals surface area (Å²) in [6.45, 7) is 6.93. The Hall–Kier alpha value is -1.52. The number of fused-ring (bicyclic) bond motifs is 1. The van der Waals surface area contributed by atoms with Crippen LogP contribution in [0.2, 0.25) is 5.28 Å². The molecule has 2 aromatic rings. The highest BCUT2D eigenvalue weighted by Gasteiger charge is 2.39. The van der Waals surface area contributed by atoms with Crippen molar-refractivity contribution in [3.63, 3.8) is 0 Å². The Balaban J connectivity index is 1.39. The lowest BCUT2D eigenvalue weighted by Crippen LogP contribution is -2.45. The van der Waals surface area contributed by atoms with Gasteiger partial charge in [-0.25, -0.2) is 4.98 Å². The number of imidazole rings is 1. The number of morpholine rings is 1. The van der Waals surface area contributed by atoms with Crippen molar-refractivity contribution >= 4 is 28.6 Å². The second-order valence-electron chi connectivity index (χ2n) is 7.56. The molecule has 0 atom stereocenters. The molecule has 28 heavy (non-hydrogen) atoms. The van der Waals surface area contributed by atoms with E-state index in [4.69, 9.17) is 30.8 Å². The van der Waals surface area contributed by atoms with Gasteiger partial charge < -0.3 is 23.7 Å². The molecule has 5 heterocycles. The Morgan fingerprint density at radius 2 is 1.68 bits per heavy atom. The van der Waals surface area contributed by atoms with Crippen LogP contribution in [0.25, 0.3) is 11.2 Å². The summed E-state index contributed by atoms with van der Waals surface area (Å²) in [6, 6.07) is 0. The first-order valence-corrected chi connectivity index (χ1v) is 10.2. The first-order chi connectivity index (χ1) is 13.6. The zero-order chi connectivity index (χ0) is 19.1. The van der Waals surface area contributed by atoms with Gasteiger partial charge in [0.25, 0.3) is 0 Å². The van der Waals surface area contributed by atoms with Gasteiger partial charge in [-0.15, -0.1) is 0 Å². The van der Waals surface area contributed by atoms with Crippen LogP contribution in [-0.4, -0.2) is 82.8 Å². The number of anilines is 1. The summed E-state index contributed by atoms with van der Waals surface area (Å²) < 4.78 is 19.1. The SMILES string of the molecule is Cn1c(CN2CCC3(CC2)OCCO3)nc2c(N3CCOCC3)nc(Cl)nc21. The zero-order valence-corrected chi connectivity index (χ0v) is 16.8. The molecular formula is C18H25ClN6O3. The maximum atomic E-state index is 6.23. The number of aromatic nitrogens is 4. The Labute approximate surface area is 168 Å². The standard InChI is InChI=1S/C18H25ClN6O3/c1-23-13(12-24-4-2-18(3-5-24)27-10-11-28-18)20-14-15(23)21-17(19)22-16(14)25-6-8-26-9-7-25/h2-12H2,1H3. The van der Waals surface area contributed by atoms with Gasteiger partial charge in [-0.1, -0.05) is 0 Å². The molecule has 3 aliphatic rings. The predicted octanol–water partition coefficient (Wildman–Crippen LogP) is 1.19. The van der Waals surface area contributed by atoms with Gasteiger partial charge in [-0.05, 0) is 11.6 Å². The Bertz CT molecular complexity index is 853. The van der Waals surface area contributed by atoms with Crippen molar-refractivity contribution < 1.29 is 14.2 Å². The van der Waals surface area contributed by atoms with Crippen molar-refractivity contribution in [2.45, 2.75) is 25.2 Å². The first kappa shape index (κ1) is 18.5. The van der Waals surface area contributed by atoms with Crippen LogP contribution < -0.4 is 4.90 Å². The molecule has 0 radical (unpaired) electrons. The van der Waals surface area contributed by atoms with E-state index in [1.807, 2.05) is 11.6 Å². The molecule has 1 spiro atoms. The van der Waals surface area contributed by atoms with Crippen LogP contribution in [0.4, 0.5) is 5.82 Å². The number of hydrogen-bond acceptors (Lipinski definition) is 8. The molecule has 5 rings (SSSR count). The highest BCUT2D eigenvalue weighted by Crippen LogP contribution is 2.32. The van der Waals surface area contributed by atoms with Gasteiger partial charge in [0.2, 0.25) is 5.28 Å². The van der Waals surface area contributed by atoms with Crippen LogP contribution >= 0.6 is 11.6 Å². The number of ether oxygens (including phenoxy) is 3. The van der Waals surface area contributed by atoms with E-state index in [1.165, 1.54) is 0 Å². The van der Waals surface area contributed by atoms with Crippen molar-refractivity contribution in [3.05, 3.63) is 11.1 Å². The number of halogens is 1. The summed E-state index contributed by atoms with van der Waals surface area (Å²) in [4.78, 5) is 18.4. The second kappa shape index (κ2) is 7.38. The molecule has 3 aliphatic heterocycles. The number of piperidine rings is 1. The van der Waals surface area contributed by atoms with Crippen LogP contribution in [0.3, 0.4) is 0 Å². The van der Waals surface area contributed by atoms with Gasteiger partial charge in [0.15, 0.2) is 22.8 Å². The molecule has 3 fully saturated rings. The summed E-state index contributed by atoms with van der Waals surface area (Å²) in [5.41, 5.74) is 1.58. The quantitative estimate of drug-likeness (QED) is 0.701. The third kappa shape index (κ3) is 3.35. The van der Waals surface area contributed by atoms with Crippen molar-refractivity contribution in [1.29, 1.82) is 0 Å². The van der Waals surface area contributed by atoms with Gasteiger partial charge in [0.05, 0.1) is 33.0 Å². The molecule has 0 N–H and O–H groups in total. The van der Waals surface area contributed by atoms with E-state index in [2.05, 4.69) is 19.8 Å². The maximum Gasteiger partial charge on any atom is 0.226 e. The van der Waals surface area contributed by atoms with Crippen LogP contribution in [0, 0.1) is 0 Å². The number of rotatable bonds is 3. The van der Waals surface area contributed by atoms with Crippen molar-refractivity contribution in [2.24, 2.45) is 7.05 Å². The van der Waals surface area contributed by atoms with E-state index in [0.29, 0.717) is 26.4 Å². The molecule has 0 bridgehead atoms. The van der Waals surface area contributed by atoms with E-state index in [0.717, 1.165) is 68.4 Å². The van der Waals surface area contributed by atoms with Crippen LogP contribution in [0.1, 0.15) is 18.7 Å². The minimum Gasteiger partial charge on any atom is -0.378 e. The smallest absolute Gasteiger partial charge is 0.226 e. The van der Waals surface area contributed by atoms with Crippen LogP contribution in [-0.2, 0) is 27.8 Å². The number of nitrogens with zero attached hydrogens (tertiary/aromatic N) is 6. The van der Waals surface area contributed by atoms with E-state index in [9.17, 15) is 0 Å². The van der Waals surface area contributed by atoms with Gasteiger partial charge in [-0.2, -0.15) is 9.97 Å². The largest absolute Gasteiger partial charge is 0.378 e. The van der Waals surface area contributed by atoms with Crippen LogP contribution in [0.15, 0.2) is 0 Å². The molecule has 10 heteroatoms.